The summed E-state index contributed by atoms with van der Waals surface area (Å²) in [6, 6.07) is 23.2. The molecule has 3 unspecified atom stereocenters. The van der Waals surface area contributed by atoms with E-state index >= 15 is 0 Å². The number of aryl methyl sites for hydroxylation is 1. The fourth-order valence-electron chi connectivity index (χ4n) is 5.82. The van der Waals surface area contributed by atoms with Gasteiger partial charge in [-0.2, -0.15) is 0 Å². The minimum absolute atomic E-state index is 0.00526. The van der Waals surface area contributed by atoms with Gasteiger partial charge in [-0.05, 0) is 64.4 Å². The second-order valence-corrected chi connectivity index (χ2v) is 10.4. The van der Waals surface area contributed by atoms with Gasteiger partial charge in [-0.1, -0.05) is 72.8 Å². The molecule has 6 heteroatoms. The molecule has 39 heavy (non-hydrogen) atoms. The molecule has 0 bridgehead atoms. The number of hydrogen-bond acceptors (Lipinski definition) is 6. The van der Waals surface area contributed by atoms with Gasteiger partial charge in [-0.15, -0.1) is 0 Å². The first kappa shape index (κ1) is 27.3. The lowest BCUT2D eigenvalue weighted by Gasteiger charge is -2.39. The van der Waals surface area contributed by atoms with E-state index in [-0.39, 0.29) is 32.5 Å². The zero-order valence-corrected chi connectivity index (χ0v) is 22.4. The van der Waals surface area contributed by atoms with Crippen LogP contribution in [0.1, 0.15) is 35.6 Å². The van der Waals surface area contributed by atoms with Gasteiger partial charge in [0.15, 0.2) is 0 Å². The van der Waals surface area contributed by atoms with Crippen LogP contribution in [0.3, 0.4) is 0 Å². The first-order valence-electron chi connectivity index (χ1n) is 13.4. The van der Waals surface area contributed by atoms with Crippen molar-refractivity contribution in [2.24, 2.45) is 0 Å². The first-order chi connectivity index (χ1) is 18.9. The molecule has 0 aromatic heterocycles. The van der Waals surface area contributed by atoms with Crippen molar-refractivity contribution in [1.29, 1.82) is 0 Å². The van der Waals surface area contributed by atoms with Crippen LogP contribution in [0.15, 0.2) is 90.0 Å². The quantitative estimate of drug-likeness (QED) is 0.317. The van der Waals surface area contributed by atoms with Crippen molar-refractivity contribution < 1.29 is 29.9 Å². The lowest BCUT2D eigenvalue weighted by Crippen LogP contribution is -2.34. The van der Waals surface area contributed by atoms with Gasteiger partial charge in [0.1, 0.15) is 24.6 Å². The molecule has 3 aromatic carbocycles. The van der Waals surface area contributed by atoms with Gasteiger partial charge in [-0.3, -0.25) is 0 Å². The highest BCUT2D eigenvalue weighted by atomic mass is 16.5. The molecule has 0 fully saturated rings. The molecule has 0 heterocycles. The van der Waals surface area contributed by atoms with Gasteiger partial charge in [0.05, 0.1) is 31.3 Å². The maximum Gasteiger partial charge on any atom is 0.122 e. The number of fused-ring (bicyclic) bond motifs is 3. The zero-order chi connectivity index (χ0) is 27.6. The van der Waals surface area contributed by atoms with Gasteiger partial charge < -0.3 is 29.9 Å². The monoisotopic (exact) mass is 528 g/mol. The second kappa shape index (κ2) is 11.5. The molecule has 0 aliphatic heterocycles. The van der Waals surface area contributed by atoms with E-state index in [4.69, 9.17) is 9.47 Å². The molecular formula is C33H36O6. The Morgan fingerprint density at radius 3 is 2.08 bits per heavy atom. The third kappa shape index (κ3) is 4.95. The summed E-state index contributed by atoms with van der Waals surface area (Å²) in [5.74, 6) is 0.656. The average molecular weight is 529 g/mol. The van der Waals surface area contributed by atoms with E-state index in [1.165, 1.54) is 22.3 Å². The summed E-state index contributed by atoms with van der Waals surface area (Å²) in [6.07, 6.45) is 2.74. The molecule has 0 amide bonds. The van der Waals surface area contributed by atoms with E-state index in [0.717, 1.165) is 22.3 Å². The van der Waals surface area contributed by atoms with Gasteiger partial charge in [0.2, 0.25) is 0 Å². The van der Waals surface area contributed by atoms with Crippen molar-refractivity contribution in [2.45, 2.75) is 44.0 Å². The Balaban J connectivity index is 1.69. The molecule has 2 aliphatic carbocycles. The maximum absolute atomic E-state index is 9.95. The molecular weight excluding hydrogens is 492 g/mol. The van der Waals surface area contributed by atoms with E-state index in [2.05, 4.69) is 72.8 Å². The van der Waals surface area contributed by atoms with E-state index < -0.39 is 17.6 Å². The minimum atomic E-state index is -0.962. The Bertz CT molecular complexity index is 1340. The highest BCUT2D eigenvalue weighted by Gasteiger charge is 2.48. The molecule has 0 saturated heterocycles. The number of allylic oxidation sites excluding steroid dienone is 2. The molecule has 2 aliphatic rings. The lowest BCUT2D eigenvalue weighted by atomic mass is 9.64. The highest BCUT2D eigenvalue weighted by Crippen LogP contribution is 2.58. The number of benzene rings is 3. The summed E-state index contributed by atoms with van der Waals surface area (Å²) >= 11 is 0. The second-order valence-electron chi connectivity index (χ2n) is 10.4. The van der Waals surface area contributed by atoms with Crippen LogP contribution < -0.4 is 4.74 Å². The topological polar surface area (TPSA) is 99.4 Å². The Morgan fingerprint density at radius 2 is 1.44 bits per heavy atom. The van der Waals surface area contributed by atoms with E-state index in [0.29, 0.717) is 12.2 Å². The predicted molar refractivity (Wildman–Crippen MR) is 151 cm³/mol. The highest BCUT2D eigenvalue weighted by molar-refractivity contribution is 5.86. The van der Waals surface area contributed by atoms with E-state index in [9.17, 15) is 20.4 Å². The van der Waals surface area contributed by atoms with Crippen LogP contribution in [0.2, 0.25) is 0 Å². The molecule has 6 nitrogen and oxygen atoms in total. The van der Waals surface area contributed by atoms with Gasteiger partial charge in [0, 0.05) is 6.42 Å². The van der Waals surface area contributed by atoms with Crippen molar-refractivity contribution in [1.82, 2.24) is 0 Å². The van der Waals surface area contributed by atoms with Crippen LogP contribution in [0, 0.1) is 6.92 Å². The van der Waals surface area contributed by atoms with Gasteiger partial charge in [-0.25, -0.2) is 0 Å². The van der Waals surface area contributed by atoms with Gasteiger partial charge in [0.25, 0.3) is 0 Å². The summed E-state index contributed by atoms with van der Waals surface area (Å²) in [6.45, 7) is 3.32. The summed E-state index contributed by atoms with van der Waals surface area (Å²) < 4.78 is 12.1. The zero-order valence-electron chi connectivity index (χ0n) is 22.4. The SMILES string of the molecule is CC1=CC=C(C2(c3ccc(C)c(OCC(O)CO)c3)c3ccccc3-c3ccccc32)CC1OCC(O)CO. The molecule has 3 atom stereocenters. The number of ether oxygens (including phenoxy) is 2. The fraction of sp³-hybridized carbons (Fsp3) is 0.333. The molecule has 4 N–H and O–H groups in total. The van der Waals surface area contributed by atoms with E-state index in [1.807, 2.05) is 19.9 Å². The molecule has 0 radical (unpaired) electrons. The van der Waals surface area contributed by atoms with Crippen molar-refractivity contribution in [2.75, 3.05) is 26.4 Å². The Hall–Kier alpha value is -3.26. The number of aliphatic hydroxyl groups excluding tert-OH is 4. The minimum Gasteiger partial charge on any atom is -0.491 e. The van der Waals surface area contributed by atoms with Gasteiger partial charge >= 0.3 is 0 Å². The van der Waals surface area contributed by atoms with Crippen LogP contribution in [-0.4, -0.2) is 65.2 Å². The van der Waals surface area contributed by atoms with Crippen molar-refractivity contribution in [3.05, 3.63) is 112 Å². The van der Waals surface area contributed by atoms with Crippen LogP contribution in [0.25, 0.3) is 11.1 Å². The molecule has 5 rings (SSSR count). The summed E-state index contributed by atoms with van der Waals surface area (Å²) in [7, 11) is 0. The fourth-order valence-corrected chi connectivity index (χ4v) is 5.82. The number of hydrogen-bond donors (Lipinski definition) is 4. The third-order valence-corrected chi connectivity index (χ3v) is 7.86. The molecule has 0 saturated carbocycles. The normalized spacial score (nSPS) is 19.0. The smallest absolute Gasteiger partial charge is 0.122 e. The Kier molecular flexibility index (Phi) is 8.03. The average Bonchev–Trinajstić information content (AvgIpc) is 3.27. The van der Waals surface area contributed by atoms with Crippen LogP contribution in [0.4, 0.5) is 0 Å². The third-order valence-electron chi connectivity index (χ3n) is 7.86. The van der Waals surface area contributed by atoms with Crippen LogP contribution in [0.5, 0.6) is 5.75 Å². The largest absolute Gasteiger partial charge is 0.491 e. The molecule has 3 aromatic rings. The molecule has 204 valence electrons. The summed E-state index contributed by atoms with van der Waals surface area (Å²) in [5.41, 5.74) is 8.25. The van der Waals surface area contributed by atoms with Crippen LogP contribution >= 0.6 is 0 Å². The number of aliphatic hydroxyl groups is 4. The maximum atomic E-state index is 9.95. The van der Waals surface area contributed by atoms with Crippen LogP contribution in [-0.2, 0) is 10.2 Å². The summed E-state index contributed by atoms with van der Waals surface area (Å²) in [4.78, 5) is 0. The van der Waals surface area contributed by atoms with Crippen molar-refractivity contribution in [3.63, 3.8) is 0 Å². The lowest BCUT2D eigenvalue weighted by molar-refractivity contribution is -0.0176. The Labute approximate surface area is 229 Å². The summed E-state index contributed by atoms with van der Waals surface area (Å²) in [5, 5.41) is 38.5. The molecule has 0 spiro atoms. The standard InChI is InChI=1S/C33H36O6/c1-21-11-13-23(15-31(21)38-19-25(36)17-34)33(24-14-12-22(2)32(16-24)39-20-26(37)18-35)29-9-5-3-7-27(29)28-8-4-6-10-30(28)33/h3-15,25-26,32,34-37H,16-20H2,1-2H3. The van der Waals surface area contributed by atoms with Crippen molar-refractivity contribution >= 4 is 0 Å². The van der Waals surface area contributed by atoms with E-state index in [1.54, 1.807) is 0 Å². The first-order valence-corrected chi connectivity index (χ1v) is 13.4. The predicted octanol–water partition coefficient (Wildman–Crippen LogP) is 4.06. The Morgan fingerprint density at radius 1 is 0.821 bits per heavy atom. The van der Waals surface area contributed by atoms with Crippen molar-refractivity contribution in [3.8, 4) is 16.9 Å². The number of rotatable bonds is 10.